The van der Waals surface area contributed by atoms with Crippen molar-refractivity contribution in [1.29, 1.82) is 0 Å². The van der Waals surface area contributed by atoms with E-state index < -0.39 is 6.10 Å². The lowest BCUT2D eigenvalue weighted by molar-refractivity contribution is -0.167. The van der Waals surface area contributed by atoms with Gasteiger partial charge in [-0.15, -0.1) is 0 Å². The van der Waals surface area contributed by atoms with Gasteiger partial charge in [-0.05, 0) is 109 Å². The van der Waals surface area contributed by atoms with Crippen LogP contribution in [0.2, 0.25) is 0 Å². The van der Waals surface area contributed by atoms with Crippen molar-refractivity contribution in [2.45, 2.75) is 322 Å². The highest BCUT2D eigenvalue weighted by Crippen LogP contribution is 2.17. The summed E-state index contributed by atoms with van der Waals surface area (Å²) in [4.78, 5) is 38.3. The molecular formula is C75H126O6. The van der Waals surface area contributed by atoms with E-state index in [4.69, 9.17) is 14.2 Å². The highest BCUT2D eigenvalue weighted by atomic mass is 16.6. The van der Waals surface area contributed by atoms with Gasteiger partial charge in [-0.1, -0.05) is 309 Å². The standard InChI is InChI=1S/C75H126O6/c1-4-7-10-13-16-19-22-24-26-28-30-32-33-34-35-36-37-38-39-40-41-43-44-46-48-50-53-56-59-62-65-68-74(77)80-71-72(70-79-73(76)67-64-61-58-55-52-21-18-15-12-9-6-3)81-75(78)69-66-63-60-57-54-51-49-47-45-42-31-29-27-25-23-20-17-14-11-8-5-2/h7-8,10-11,16-17,19-20,24-27,30-32,34-35,37-38,42,72H,4-6,9,12-15,18,21-23,28-29,33,36,39-41,43-71H2,1-3H3/b10-7-,11-8-,19-16-,20-17-,26-24-,27-25-,32-30-,35-34-,38-37-,42-31-. The molecule has 6 heteroatoms. The third kappa shape index (κ3) is 66.5. The number of ether oxygens (including phenoxy) is 3. The SMILES string of the molecule is CC/C=C\C/C=C\C/C=C\C/C=C\C/C=C\C/C=C\CCCCCCCCCCCCCCC(=O)OCC(COC(=O)CCCCCCCCCCCCC)OC(=O)CCCCCCCCCC/C=C\C/C=C\C/C=C\C/C=C\CC. The van der Waals surface area contributed by atoms with Gasteiger partial charge >= 0.3 is 17.9 Å². The van der Waals surface area contributed by atoms with Crippen molar-refractivity contribution in [1.82, 2.24) is 0 Å². The van der Waals surface area contributed by atoms with Gasteiger partial charge in [0.15, 0.2) is 6.10 Å². The third-order valence-corrected chi connectivity index (χ3v) is 14.5. The van der Waals surface area contributed by atoms with Crippen molar-refractivity contribution < 1.29 is 28.6 Å². The summed E-state index contributed by atoms with van der Waals surface area (Å²) < 4.78 is 16.9. The van der Waals surface area contributed by atoms with Crippen molar-refractivity contribution in [3.63, 3.8) is 0 Å². The molecule has 1 unspecified atom stereocenters. The average molecular weight is 1120 g/mol. The molecule has 0 saturated carbocycles. The fourth-order valence-electron chi connectivity index (χ4n) is 9.44. The Balaban J connectivity index is 4.24. The van der Waals surface area contributed by atoms with Crippen LogP contribution in [0.25, 0.3) is 0 Å². The lowest BCUT2D eigenvalue weighted by Crippen LogP contribution is -2.30. The van der Waals surface area contributed by atoms with E-state index in [9.17, 15) is 14.4 Å². The Morgan fingerprint density at radius 2 is 0.481 bits per heavy atom. The molecule has 0 spiro atoms. The second kappa shape index (κ2) is 68.3. The molecule has 0 aliphatic rings. The van der Waals surface area contributed by atoms with Crippen molar-refractivity contribution in [2.24, 2.45) is 0 Å². The number of carbonyl (C=O) groups is 3. The van der Waals surface area contributed by atoms with Crippen LogP contribution in [0.15, 0.2) is 122 Å². The Bertz CT molecular complexity index is 1670. The Kier molecular flexibility index (Phi) is 64.8. The highest BCUT2D eigenvalue weighted by Gasteiger charge is 2.19. The van der Waals surface area contributed by atoms with Gasteiger partial charge in [0.25, 0.3) is 0 Å². The molecular weight excluding hydrogens is 997 g/mol. The first kappa shape index (κ1) is 76.8. The van der Waals surface area contributed by atoms with E-state index in [1.54, 1.807) is 0 Å². The quantitative estimate of drug-likeness (QED) is 0.0261. The normalized spacial score (nSPS) is 12.9. The maximum atomic E-state index is 12.9. The Morgan fingerprint density at radius 3 is 0.753 bits per heavy atom. The minimum Gasteiger partial charge on any atom is -0.462 e. The van der Waals surface area contributed by atoms with E-state index in [0.29, 0.717) is 19.3 Å². The zero-order valence-electron chi connectivity index (χ0n) is 53.0. The smallest absolute Gasteiger partial charge is 0.306 e. The number of unbranched alkanes of at least 4 members (excludes halogenated alkanes) is 30. The van der Waals surface area contributed by atoms with Gasteiger partial charge in [-0.25, -0.2) is 0 Å². The second-order valence-electron chi connectivity index (χ2n) is 22.3. The molecule has 0 radical (unpaired) electrons. The van der Waals surface area contributed by atoms with E-state index in [-0.39, 0.29) is 31.1 Å². The molecule has 0 heterocycles. The Labute approximate surface area is 501 Å². The van der Waals surface area contributed by atoms with Crippen molar-refractivity contribution in [2.75, 3.05) is 13.2 Å². The summed E-state index contributed by atoms with van der Waals surface area (Å²) in [6.07, 6.45) is 95.0. The van der Waals surface area contributed by atoms with Crippen LogP contribution in [0.1, 0.15) is 316 Å². The topological polar surface area (TPSA) is 78.9 Å². The number of rotatable bonds is 61. The van der Waals surface area contributed by atoms with E-state index in [2.05, 4.69) is 142 Å². The summed E-state index contributed by atoms with van der Waals surface area (Å²) in [5.74, 6) is -0.882. The minimum atomic E-state index is -0.784. The molecule has 1 atom stereocenters. The molecule has 81 heavy (non-hydrogen) atoms. The summed E-state index contributed by atoms with van der Waals surface area (Å²) in [6.45, 7) is 6.42. The minimum absolute atomic E-state index is 0.0801. The number of hydrogen-bond donors (Lipinski definition) is 0. The lowest BCUT2D eigenvalue weighted by Gasteiger charge is -2.18. The summed E-state index contributed by atoms with van der Waals surface area (Å²) in [7, 11) is 0. The van der Waals surface area contributed by atoms with Crippen LogP contribution in [-0.2, 0) is 28.6 Å². The van der Waals surface area contributed by atoms with Gasteiger partial charge in [0.2, 0.25) is 0 Å². The van der Waals surface area contributed by atoms with Crippen LogP contribution in [0.5, 0.6) is 0 Å². The molecule has 6 nitrogen and oxygen atoms in total. The largest absolute Gasteiger partial charge is 0.462 e. The summed E-state index contributed by atoms with van der Waals surface area (Å²) >= 11 is 0. The van der Waals surface area contributed by atoms with Gasteiger partial charge in [-0.2, -0.15) is 0 Å². The van der Waals surface area contributed by atoms with Crippen LogP contribution in [0, 0.1) is 0 Å². The first-order chi connectivity index (χ1) is 40.0. The van der Waals surface area contributed by atoms with E-state index in [0.717, 1.165) is 128 Å². The molecule has 0 aliphatic heterocycles. The number of carbonyl (C=O) groups excluding carboxylic acids is 3. The molecule has 0 bridgehead atoms. The molecule has 462 valence electrons. The zero-order valence-corrected chi connectivity index (χ0v) is 53.0. The van der Waals surface area contributed by atoms with E-state index in [1.165, 1.54) is 148 Å². The molecule has 0 aromatic carbocycles. The first-order valence-electron chi connectivity index (χ1n) is 34.0. The van der Waals surface area contributed by atoms with Gasteiger partial charge < -0.3 is 14.2 Å². The third-order valence-electron chi connectivity index (χ3n) is 14.5. The van der Waals surface area contributed by atoms with E-state index >= 15 is 0 Å². The van der Waals surface area contributed by atoms with Crippen LogP contribution >= 0.6 is 0 Å². The summed E-state index contributed by atoms with van der Waals surface area (Å²) in [5, 5.41) is 0. The van der Waals surface area contributed by atoms with Crippen molar-refractivity contribution >= 4 is 17.9 Å². The van der Waals surface area contributed by atoms with Crippen LogP contribution in [0.4, 0.5) is 0 Å². The molecule has 0 aliphatic carbocycles. The first-order valence-corrected chi connectivity index (χ1v) is 34.0. The van der Waals surface area contributed by atoms with Crippen molar-refractivity contribution in [3.8, 4) is 0 Å². The molecule has 0 aromatic rings. The fourth-order valence-corrected chi connectivity index (χ4v) is 9.44. The van der Waals surface area contributed by atoms with Crippen molar-refractivity contribution in [3.05, 3.63) is 122 Å². The fraction of sp³-hybridized carbons (Fsp3) is 0.693. The molecule has 0 amide bonds. The maximum Gasteiger partial charge on any atom is 0.306 e. The molecule has 0 N–H and O–H groups in total. The highest BCUT2D eigenvalue weighted by molar-refractivity contribution is 5.71. The predicted molar refractivity (Wildman–Crippen MR) is 353 cm³/mol. The monoisotopic (exact) mass is 1120 g/mol. The zero-order chi connectivity index (χ0) is 58.5. The lowest BCUT2D eigenvalue weighted by atomic mass is 10.0. The van der Waals surface area contributed by atoms with Gasteiger partial charge in [0.1, 0.15) is 13.2 Å². The second-order valence-corrected chi connectivity index (χ2v) is 22.3. The predicted octanol–water partition coefficient (Wildman–Crippen LogP) is 23.6. The maximum absolute atomic E-state index is 12.9. The van der Waals surface area contributed by atoms with Gasteiger partial charge in [0, 0.05) is 19.3 Å². The van der Waals surface area contributed by atoms with Gasteiger partial charge in [0.05, 0.1) is 0 Å². The average Bonchev–Trinajstić information content (AvgIpc) is 3.47. The number of esters is 3. The van der Waals surface area contributed by atoms with Gasteiger partial charge in [-0.3, -0.25) is 14.4 Å². The molecule has 0 saturated heterocycles. The summed E-state index contributed by atoms with van der Waals surface area (Å²) in [6, 6.07) is 0. The Morgan fingerprint density at radius 1 is 0.259 bits per heavy atom. The Hall–Kier alpha value is -4.19. The molecule has 0 rings (SSSR count). The van der Waals surface area contributed by atoms with Crippen LogP contribution in [-0.4, -0.2) is 37.2 Å². The number of hydrogen-bond acceptors (Lipinski definition) is 6. The molecule has 0 fully saturated rings. The van der Waals surface area contributed by atoms with E-state index in [1.807, 2.05) is 0 Å². The summed E-state index contributed by atoms with van der Waals surface area (Å²) in [5.41, 5.74) is 0. The molecule has 0 aromatic heterocycles. The number of allylic oxidation sites excluding steroid dienone is 20. The van der Waals surface area contributed by atoms with Crippen LogP contribution in [0.3, 0.4) is 0 Å². The van der Waals surface area contributed by atoms with Crippen LogP contribution < -0.4 is 0 Å².